The first-order chi connectivity index (χ1) is 12.4. The second kappa shape index (κ2) is 10.0. The number of nitrogens with zero attached hydrogens (tertiary/aromatic N) is 1. The van der Waals surface area contributed by atoms with E-state index in [1.807, 2.05) is 0 Å². The van der Waals surface area contributed by atoms with Crippen LogP contribution in [0.3, 0.4) is 0 Å². The van der Waals surface area contributed by atoms with E-state index in [0.29, 0.717) is 10.6 Å². The molecule has 0 saturated heterocycles. The van der Waals surface area contributed by atoms with Gasteiger partial charge in [0.25, 0.3) is 0 Å². The fourth-order valence-electron chi connectivity index (χ4n) is 1.98. The van der Waals surface area contributed by atoms with Crippen LogP contribution in [0.4, 0.5) is 0 Å². The molecule has 0 atom stereocenters. The third-order valence-electron chi connectivity index (χ3n) is 3.11. The molecule has 0 spiro atoms. The number of carbonyl (C=O) groups excluding carboxylic acids is 3. The predicted octanol–water partition coefficient (Wildman–Crippen LogP) is 2.45. The van der Waals surface area contributed by atoms with Gasteiger partial charge >= 0.3 is 17.9 Å². The fourth-order valence-corrected chi connectivity index (χ4v) is 2.10. The standard InChI is InChI=1S/C18H16ClNO6/c1-4-26-18(23)14(10-20)16(11-5-7-12(19)8-6-11)13(17(22)25-3)9-15(21)24-2/h5-9H,4H2,1-3H3/b13-9+,16-14-. The highest BCUT2D eigenvalue weighted by atomic mass is 35.5. The summed E-state index contributed by atoms with van der Waals surface area (Å²) in [5.74, 6) is -2.74. The molecule has 0 fully saturated rings. The number of hydrogen-bond acceptors (Lipinski definition) is 7. The van der Waals surface area contributed by atoms with Gasteiger partial charge < -0.3 is 14.2 Å². The summed E-state index contributed by atoms with van der Waals surface area (Å²) in [4.78, 5) is 36.1. The molecule has 0 aliphatic carbocycles. The minimum Gasteiger partial charge on any atom is -0.466 e. The van der Waals surface area contributed by atoms with Crippen molar-refractivity contribution in [1.29, 1.82) is 5.26 Å². The number of esters is 3. The smallest absolute Gasteiger partial charge is 0.349 e. The summed E-state index contributed by atoms with van der Waals surface area (Å²) in [7, 11) is 2.22. The van der Waals surface area contributed by atoms with Crippen LogP contribution in [0.15, 0.2) is 41.5 Å². The zero-order chi connectivity index (χ0) is 19.7. The first kappa shape index (κ1) is 20.9. The maximum Gasteiger partial charge on any atom is 0.349 e. The van der Waals surface area contributed by atoms with Gasteiger partial charge in [0.05, 0.1) is 26.4 Å². The molecule has 0 unspecified atom stereocenters. The minimum absolute atomic E-state index is 0.0200. The number of carbonyl (C=O) groups is 3. The Morgan fingerprint density at radius 3 is 2.19 bits per heavy atom. The highest BCUT2D eigenvalue weighted by Gasteiger charge is 2.26. The Hall–Kier alpha value is -3.11. The lowest BCUT2D eigenvalue weighted by molar-refractivity contribution is -0.138. The molecule has 7 nitrogen and oxygen atoms in total. The van der Waals surface area contributed by atoms with Gasteiger partial charge in [0.15, 0.2) is 0 Å². The molecule has 0 N–H and O–H groups in total. The lowest BCUT2D eigenvalue weighted by Crippen LogP contribution is -2.15. The van der Waals surface area contributed by atoms with Crippen molar-refractivity contribution in [3.8, 4) is 6.07 Å². The Morgan fingerprint density at radius 1 is 1.12 bits per heavy atom. The lowest BCUT2D eigenvalue weighted by Gasteiger charge is -2.13. The van der Waals surface area contributed by atoms with Crippen LogP contribution in [-0.4, -0.2) is 38.7 Å². The number of rotatable bonds is 6. The zero-order valence-electron chi connectivity index (χ0n) is 14.4. The molecule has 0 heterocycles. The Bertz CT molecular complexity index is 802. The van der Waals surface area contributed by atoms with Gasteiger partial charge in [-0.2, -0.15) is 5.26 Å². The molecule has 1 rings (SSSR count). The molecular weight excluding hydrogens is 362 g/mol. The van der Waals surface area contributed by atoms with Gasteiger partial charge in [-0.25, -0.2) is 14.4 Å². The molecule has 8 heteroatoms. The van der Waals surface area contributed by atoms with Crippen molar-refractivity contribution in [2.45, 2.75) is 6.92 Å². The van der Waals surface area contributed by atoms with E-state index in [-0.39, 0.29) is 17.8 Å². The Morgan fingerprint density at radius 2 is 1.73 bits per heavy atom. The number of halogens is 1. The van der Waals surface area contributed by atoms with Gasteiger partial charge in [0, 0.05) is 16.7 Å². The largest absolute Gasteiger partial charge is 0.466 e. The van der Waals surface area contributed by atoms with Crippen molar-refractivity contribution in [2.75, 3.05) is 20.8 Å². The van der Waals surface area contributed by atoms with Crippen molar-refractivity contribution in [3.05, 3.63) is 52.1 Å². The van der Waals surface area contributed by atoms with Crippen molar-refractivity contribution in [2.24, 2.45) is 0 Å². The van der Waals surface area contributed by atoms with Crippen LogP contribution < -0.4 is 0 Å². The molecule has 0 saturated carbocycles. The van der Waals surface area contributed by atoms with E-state index in [2.05, 4.69) is 9.47 Å². The molecule has 1 aromatic carbocycles. The Kier molecular flexibility index (Phi) is 8.06. The number of methoxy groups -OCH3 is 2. The average Bonchev–Trinajstić information content (AvgIpc) is 2.64. The van der Waals surface area contributed by atoms with E-state index < -0.39 is 23.5 Å². The number of hydrogen-bond donors (Lipinski definition) is 0. The molecule has 136 valence electrons. The minimum atomic E-state index is -0.945. The van der Waals surface area contributed by atoms with Crippen molar-refractivity contribution < 1.29 is 28.6 Å². The molecular formula is C18H16ClNO6. The van der Waals surface area contributed by atoms with Gasteiger partial charge in [-0.3, -0.25) is 0 Å². The summed E-state index contributed by atoms with van der Waals surface area (Å²) in [6, 6.07) is 7.71. The van der Waals surface area contributed by atoms with Crippen LogP contribution in [-0.2, 0) is 28.6 Å². The van der Waals surface area contributed by atoms with Crippen molar-refractivity contribution in [1.82, 2.24) is 0 Å². The molecule has 0 aliphatic heterocycles. The molecule has 0 aliphatic rings. The average molecular weight is 378 g/mol. The second-order valence-corrected chi connectivity index (χ2v) is 5.10. The monoisotopic (exact) mass is 377 g/mol. The van der Waals surface area contributed by atoms with Gasteiger partial charge in [0.1, 0.15) is 11.6 Å². The maximum atomic E-state index is 12.2. The summed E-state index contributed by atoms with van der Waals surface area (Å²) < 4.78 is 14.1. The van der Waals surface area contributed by atoms with Gasteiger partial charge in [-0.15, -0.1) is 0 Å². The fraction of sp³-hybridized carbons (Fsp3) is 0.222. The maximum absolute atomic E-state index is 12.2. The van der Waals surface area contributed by atoms with E-state index in [1.54, 1.807) is 13.0 Å². The summed E-state index contributed by atoms with van der Waals surface area (Å²) in [6.45, 7) is 1.59. The van der Waals surface area contributed by atoms with Crippen LogP contribution in [0.1, 0.15) is 12.5 Å². The van der Waals surface area contributed by atoms with Crippen molar-refractivity contribution >= 4 is 35.1 Å². The molecule has 0 radical (unpaired) electrons. The SMILES string of the molecule is CCOC(=O)/C(C#N)=C(\C(=C/C(=O)OC)C(=O)OC)c1ccc(Cl)cc1. The molecule has 1 aromatic rings. The predicted molar refractivity (Wildman–Crippen MR) is 92.7 cm³/mol. The third kappa shape index (κ3) is 5.19. The quantitative estimate of drug-likeness (QED) is 0.246. The summed E-state index contributed by atoms with van der Waals surface area (Å²) in [6.07, 6.45) is 0.840. The van der Waals surface area contributed by atoms with Gasteiger partial charge in [-0.05, 0) is 24.6 Å². The van der Waals surface area contributed by atoms with Gasteiger partial charge in [0.2, 0.25) is 0 Å². The van der Waals surface area contributed by atoms with Crippen LogP contribution in [0, 0.1) is 11.3 Å². The van der Waals surface area contributed by atoms with Crippen LogP contribution in [0.2, 0.25) is 5.02 Å². The summed E-state index contributed by atoms with van der Waals surface area (Å²) in [5, 5.41) is 9.88. The van der Waals surface area contributed by atoms with Crippen LogP contribution in [0.5, 0.6) is 0 Å². The van der Waals surface area contributed by atoms with Crippen molar-refractivity contribution in [3.63, 3.8) is 0 Å². The normalized spacial score (nSPS) is 11.7. The second-order valence-electron chi connectivity index (χ2n) is 4.66. The topological polar surface area (TPSA) is 103 Å². The highest BCUT2D eigenvalue weighted by molar-refractivity contribution is 6.30. The van der Waals surface area contributed by atoms with E-state index in [4.69, 9.17) is 16.3 Å². The Balaban J connectivity index is 3.82. The van der Waals surface area contributed by atoms with Gasteiger partial charge in [-0.1, -0.05) is 23.7 Å². The van der Waals surface area contributed by atoms with E-state index in [1.165, 1.54) is 24.3 Å². The van der Waals surface area contributed by atoms with E-state index >= 15 is 0 Å². The molecule has 26 heavy (non-hydrogen) atoms. The number of benzene rings is 1. The van der Waals surface area contributed by atoms with E-state index in [9.17, 15) is 19.6 Å². The molecule has 0 aromatic heterocycles. The molecule has 0 bridgehead atoms. The first-order valence-corrected chi connectivity index (χ1v) is 7.73. The number of ether oxygens (including phenoxy) is 3. The highest BCUT2D eigenvalue weighted by Crippen LogP contribution is 2.29. The summed E-state index contributed by atoms with van der Waals surface area (Å²) in [5.41, 5.74) is -0.625. The number of nitriles is 1. The third-order valence-corrected chi connectivity index (χ3v) is 3.36. The van der Waals surface area contributed by atoms with E-state index in [0.717, 1.165) is 20.3 Å². The lowest BCUT2D eigenvalue weighted by atomic mass is 9.92. The van der Waals surface area contributed by atoms with Crippen LogP contribution in [0.25, 0.3) is 5.57 Å². The van der Waals surface area contributed by atoms with Crippen LogP contribution >= 0.6 is 11.6 Å². The first-order valence-electron chi connectivity index (χ1n) is 7.35. The summed E-state index contributed by atoms with van der Waals surface area (Å²) >= 11 is 5.87. The molecule has 0 amide bonds. The zero-order valence-corrected chi connectivity index (χ0v) is 15.1. The Labute approximate surface area is 155 Å².